The molecule has 2 aromatic carbocycles. The molecule has 0 bridgehead atoms. The number of benzene rings is 2. The Morgan fingerprint density at radius 1 is 1.11 bits per heavy atom. The van der Waals surface area contributed by atoms with Crippen molar-refractivity contribution in [2.45, 2.75) is 30.9 Å². The summed E-state index contributed by atoms with van der Waals surface area (Å²) in [7, 11) is -3.70. The number of nitrogens with zero attached hydrogens (tertiary/aromatic N) is 1. The van der Waals surface area contributed by atoms with E-state index in [9.17, 15) is 13.5 Å². The highest BCUT2D eigenvalue weighted by Gasteiger charge is 2.22. The Balaban J connectivity index is 2.04. The predicted molar refractivity (Wildman–Crippen MR) is 107 cm³/mol. The van der Waals surface area contributed by atoms with Crippen LogP contribution in [0.25, 0.3) is 0 Å². The van der Waals surface area contributed by atoms with E-state index in [1.165, 1.54) is 12.1 Å². The molecule has 0 spiro atoms. The smallest absolute Gasteiger partial charge is 0.238 e. The quantitative estimate of drug-likeness (QED) is 0.420. The summed E-state index contributed by atoms with van der Waals surface area (Å²) in [4.78, 5) is 4.54. The Kier molecular flexibility index (Phi) is 6.95. The van der Waals surface area contributed by atoms with Crippen LogP contribution in [-0.2, 0) is 22.2 Å². The molecule has 0 saturated heterocycles. The van der Waals surface area contributed by atoms with Crippen LogP contribution in [0.3, 0.4) is 0 Å². The Bertz CT molecular complexity index is 864. The van der Waals surface area contributed by atoms with Crippen molar-refractivity contribution in [3.8, 4) is 0 Å². The van der Waals surface area contributed by atoms with Gasteiger partial charge < -0.3 is 15.7 Å². The molecule has 0 amide bonds. The van der Waals surface area contributed by atoms with E-state index in [4.69, 9.17) is 5.14 Å². The first kappa shape index (κ1) is 20.9. The maximum Gasteiger partial charge on any atom is 0.238 e. The van der Waals surface area contributed by atoms with E-state index in [2.05, 4.69) is 15.6 Å². The zero-order valence-corrected chi connectivity index (χ0v) is 16.3. The van der Waals surface area contributed by atoms with E-state index >= 15 is 0 Å². The van der Waals surface area contributed by atoms with E-state index in [0.29, 0.717) is 19.0 Å². The van der Waals surface area contributed by atoms with E-state index in [1.54, 1.807) is 19.1 Å². The first-order chi connectivity index (χ1) is 12.7. The van der Waals surface area contributed by atoms with Crippen molar-refractivity contribution < 1.29 is 13.5 Å². The number of rotatable bonds is 7. The Labute approximate surface area is 160 Å². The molecule has 5 N–H and O–H groups in total. The number of primary sulfonamides is 1. The molecule has 0 aliphatic rings. The summed E-state index contributed by atoms with van der Waals surface area (Å²) >= 11 is 0. The zero-order valence-electron chi connectivity index (χ0n) is 15.5. The topological polar surface area (TPSA) is 117 Å². The van der Waals surface area contributed by atoms with Crippen molar-refractivity contribution in [2.75, 3.05) is 13.1 Å². The van der Waals surface area contributed by atoms with E-state index in [-0.39, 0.29) is 11.4 Å². The monoisotopic (exact) mass is 390 g/mol. The minimum Gasteiger partial charge on any atom is -0.384 e. The summed E-state index contributed by atoms with van der Waals surface area (Å²) in [6.07, 6.45) is 0. The molecule has 0 aliphatic carbocycles. The molecule has 0 heterocycles. The third-order valence-corrected chi connectivity index (χ3v) is 4.94. The average Bonchev–Trinajstić information content (AvgIpc) is 2.64. The summed E-state index contributed by atoms with van der Waals surface area (Å²) in [5.74, 6) is 0.559. The summed E-state index contributed by atoms with van der Waals surface area (Å²) < 4.78 is 22.6. The number of hydrogen-bond acceptors (Lipinski definition) is 4. The Hall–Kier alpha value is -2.42. The minimum atomic E-state index is -3.70. The van der Waals surface area contributed by atoms with Gasteiger partial charge in [-0.25, -0.2) is 18.5 Å². The molecule has 7 nitrogen and oxygen atoms in total. The van der Waals surface area contributed by atoms with Gasteiger partial charge in [-0.05, 0) is 37.1 Å². The van der Waals surface area contributed by atoms with Gasteiger partial charge in [0.2, 0.25) is 10.0 Å². The average molecular weight is 391 g/mol. The third-order valence-electron chi connectivity index (χ3n) is 4.01. The molecule has 1 atom stereocenters. The van der Waals surface area contributed by atoms with Gasteiger partial charge in [0.25, 0.3) is 0 Å². The van der Waals surface area contributed by atoms with Crippen LogP contribution in [0.15, 0.2) is 64.5 Å². The lowest BCUT2D eigenvalue weighted by Gasteiger charge is -2.25. The van der Waals surface area contributed by atoms with Gasteiger partial charge in [0, 0.05) is 6.54 Å². The van der Waals surface area contributed by atoms with E-state index in [0.717, 1.165) is 11.1 Å². The minimum absolute atomic E-state index is 0.0687. The fraction of sp³-hybridized carbons (Fsp3) is 0.316. The molecule has 146 valence electrons. The SMILES string of the molecule is CCNC(=NCc1ccc(S(N)(=O)=O)cc1)NCC(C)(O)c1ccccc1. The molecule has 8 heteroatoms. The van der Waals surface area contributed by atoms with E-state index in [1.807, 2.05) is 37.3 Å². The van der Waals surface area contributed by atoms with Crippen LogP contribution in [0.1, 0.15) is 25.0 Å². The highest BCUT2D eigenvalue weighted by Crippen LogP contribution is 2.18. The van der Waals surface area contributed by atoms with Crippen LogP contribution in [0.5, 0.6) is 0 Å². The lowest BCUT2D eigenvalue weighted by atomic mass is 9.96. The first-order valence-corrected chi connectivity index (χ1v) is 10.2. The predicted octanol–water partition coefficient (Wildman–Crippen LogP) is 1.30. The molecular weight excluding hydrogens is 364 g/mol. The van der Waals surface area contributed by atoms with Gasteiger partial charge in [0.05, 0.1) is 18.0 Å². The van der Waals surface area contributed by atoms with Crippen LogP contribution in [0.2, 0.25) is 0 Å². The fourth-order valence-corrected chi connectivity index (χ4v) is 2.97. The van der Waals surface area contributed by atoms with Crippen LogP contribution in [0, 0.1) is 0 Å². The van der Waals surface area contributed by atoms with Crippen molar-refractivity contribution in [2.24, 2.45) is 10.1 Å². The van der Waals surface area contributed by atoms with Crippen molar-refractivity contribution in [3.63, 3.8) is 0 Å². The zero-order chi connectivity index (χ0) is 19.9. The number of aliphatic hydroxyl groups is 1. The number of aliphatic imine (C=N–C) groups is 1. The molecule has 0 saturated carbocycles. The second-order valence-electron chi connectivity index (χ2n) is 6.38. The third kappa shape index (κ3) is 6.35. The lowest BCUT2D eigenvalue weighted by Crippen LogP contribution is -2.44. The summed E-state index contributed by atoms with van der Waals surface area (Å²) in [5.41, 5.74) is 0.607. The van der Waals surface area contributed by atoms with Crippen molar-refractivity contribution in [1.82, 2.24) is 10.6 Å². The summed E-state index contributed by atoms with van der Waals surface area (Å²) in [5, 5.41) is 22.0. The summed E-state index contributed by atoms with van der Waals surface area (Å²) in [6, 6.07) is 15.7. The van der Waals surface area contributed by atoms with Gasteiger partial charge in [-0.2, -0.15) is 0 Å². The molecule has 0 fully saturated rings. The molecule has 0 radical (unpaired) electrons. The number of sulfonamides is 1. The van der Waals surface area contributed by atoms with Crippen molar-refractivity contribution in [1.29, 1.82) is 0 Å². The number of hydrogen-bond donors (Lipinski definition) is 4. The van der Waals surface area contributed by atoms with Gasteiger partial charge in [0.15, 0.2) is 5.96 Å². The molecule has 0 aromatic heterocycles. The second kappa shape index (κ2) is 8.98. The molecule has 2 rings (SSSR count). The first-order valence-electron chi connectivity index (χ1n) is 8.64. The van der Waals surface area contributed by atoms with Crippen LogP contribution < -0.4 is 15.8 Å². The number of nitrogens with two attached hydrogens (primary N) is 1. The largest absolute Gasteiger partial charge is 0.384 e. The highest BCUT2D eigenvalue weighted by molar-refractivity contribution is 7.89. The molecule has 1 unspecified atom stereocenters. The number of nitrogens with one attached hydrogen (secondary N) is 2. The normalized spacial score (nSPS) is 14.4. The fourth-order valence-electron chi connectivity index (χ4n) is 2.45. The maximum atomic E-state index is 11.3. The molecule has 27 heavy (non-hydrogen) atoms. The Morgan fingerprint density at radius 3 is 2.30 bits per heavy atom. The van der Waals surface area contributed by atoms with Gasteiger partial charge in [-0.15, -0.1) is 0 Å². The van der Waals surface area contributed by atoms with Gasteiger partial charge in [0.1, 0.15) is 5.60 Å². The molecule has 0 aliphatic heterocycles. The molecule has 2 aromatic rings. The van der Waals surface area contributed by atoms with Gasteiger partial charge in [-0.1, -0.05) is 42.5 Å². The number of guanidine groups is 1. The van der Waals surface area contributed by atoms with Gasteiger partial charge in [-0.3, -0.25) is 0 Å². The lowest BCUT2D eigenvalue weighted by molar-refractivity contribution is 0.0617. The van der Waals surface area contributed by atoms with Crippen LogP contribution in [0.4, 0.5) is 0 Å². The van der Waals surface area contributed by atoms with Crippen LogP contribution >= 0.6 is 0 Å². The second-order valence-corrected chi connectivity index (χ2v) is 7.94. The maximum absolute atomic E-state index is 11.3. The Morgan fingerprint density at radius 2 is 1.74 bits per heavy atom. The standard InChI is InChI=1S/C19H26N4O3S/c1-3-21-18(23-14-19(2,24)16-7-5-4-6-8-16)22-13-15-9-11-17(12-10-15)27(20,25)26/h4-12,24H,3,13-14H2,1-2H3,(H2,20,25,26)(H2,21,22,23). The van der Waals surface area contributed by atoms with Crippen molar-refractivity contribution >= 4 is 16.0 Å². The molecular formula is C19H26N4O3S. The van der Waals surface area contributed by atoms with E-state index < -0.39 is 15.6 Å². The summed E-state index contributed by atoms with van der Waals surface area (Å²) in [6.45, 7) is 5.00. The van der Waals surface area contributed by atoms with Crippen molar-refractivity contribution in [3.05, 3.63) is 65.7 Å². The van der Waals surface area contributed by atoms with Gasteiger partial charge >= 0.3 is 0 Å². The highest BCUT2D eigenvalue weighted by atomic mass is 32.2. The van der Waals surface area contributed by atoms with Crippen LogP contribution in [-0.4, -0.2) is 32.6 Å².